The average molecular weight is 226 g/mol. The van der Waals surface area contributed by atoms with Crippen molar-refractivity contribution in [3.05, 3.63) is 0 Å². The molecule has 0 aromatic heterocycles. The van der Waals surface area contributed by atoms with Gasteiger partial charge in [0.1, 0.15) is 0 Å². The van der Waals surface area contributed by atoms with Gasteiger partial charge in [0.25, 0.3) is 0 Å². The Morgan fingerprint density at radius 3 is 2.44 bits per heavy atom. The van der Waals surface area contributed by atoms with Gasteiger partial charge in [0.2, 0.25) is 0 Å². The van der Waals surface area contributed by atoms with Crippen LogP contribution in [0, 0.1) is 5.92 Å². The number of piperidine rings is 1. The third-order valence-corrected chi connectivity index (χ3v) is 3.75. The van der Waals surface area contributed by atoms with Gasteiger partial charge in [-0.05, 0) is 51.4 Å². The van der Waals surface area contributed by atoms with E-state index in [1.807, 2.05) is 0 Å². The zero-order valence-corrected chi connectivity index (χ0v) is 11.5. The van der Waals surface area contributed by atoms with E-state index in [1.165, 1.54) is 58.3 Å². The largest absolute Gasteiger partial charge is 0.315 e. The van der Waals surface area contributed by atoms with Crippen LogP contribution in [0.2, 0.25) is 0 Å². The molecule has 0 aromatic carbocycles. The fourth-order valence-electron chi connectivity index (χ4n) is 2.54. The van der Waals surface area contributed by atoms with E-state index in [4.69, 9.17) is 0 Å². The molecule has 0 amide bonds. The minimum Gasteiger partial charge on any atom is -0.315 e. The van der Waals surface area contributed by atoms with Gasteiger partial charge in [-0.25, -0.2) is 0 Å². The predicted octanol–water partition coefficient (Wildman–Crippen LogP) is 2.89. The van der Waals surface area contributed by atoms with Crippen molar-refractivity contribution in [2.24, 2.45) is 5.92 Å². The molecule has 1 fully saturated rings. The number of unbranched alkanes of at least 4 members (excludes halogenated alkanes) is 1. The van der Waals surface area contributed by atoms with Crippen LogP contribution in [-0.2, 0) is 0 Å². The summed E-state index contributed by atoms with van der Waals surface area (Å²) < 4.78 is 0. The predicted molar refractivity (Wildman–Crippen MR) is 71.8 cm³/mol. The molecule has 0 unspecified atom stereocenters. The second-order valence-corrected chi connectivity index (χ2v) is 5.48. The number of likely N-dealkylation sites (tertiary alicyclic amines) is 1. The highest BCUT2D eigenvalue weighted by molar-refractivity contribution is 4.71. The molecule has 0 aliphatic carbocycles. The summed E-state index contributed by atoms with van der Waals surface area (Å²) in [5.74, 6) is 1.02. The Bertz CT molecular complexity index is 160. The van der Waals surface area contributed by atoms with Crippen molar-refractivity contribution in [2.75, 3.05) is 26.2 Å². The second kappa shape index (κ2) is 8.08. The Balaban J connectivity index is 1.94. The maximum absolute atomic E-state index is 3.49. The lowest BCUT2D eigenvalue weighted by atomic mass is 9.91. The van der Waals surface area contributed by atoms with Gasteiger partial charge >= 0.3 is 0 Å². The third-order valence-electron chi connectivity index (χ3n) is 3.75. The molecule has 2 heteroatoms. The molecule has 1 saturated heterocycles. The van der Waals surface area contributed by atoms with Gasteiger partial charge in [-0.2, -0.15) is 0 Å². The maximum atomic E-state index is 3.49. The van der Waals surface area contributed by atoms with Crippen molar-refractivity contribution in [1.29, 1.82) is 0 Å². The molecule has 1 aliphatic rings. The van der Waals surface area contributed by atoms with Crippen LogP contribution < -0.4 is 5.32 Å². The fourth-order valence-corrected chi connectivity index (χ4v) is 2.54. The van der Waals surface area contributed by atoms with E-state index >= 15 is 0 Å². The molecule has 2 nitrogen and oxygen atoms in total. The van der Waals surface area contributed by atoms with E-state index in [1.54, 1.807) is 0 Å². The zero-order valence-electron chi connectivity index (χ0n) is 11.5. The summed E-state index contributed by atoms with van der Waals surface area (Å²) in [5.41, 5.74) is 0. The highest BCUT2D eigenvalue weighted by Gasteiger charge is 2.17. The second-order valence-electron chi connectivity index (χ2n) is 5.48. The first kappa shape index (κ1) is 14.0. The number of rotatable bonds is 7. The lowest BCUT2D eigenvalue weighted by molar-refractivity contribution is 0.184. The van der Waals surface area contributed by atoms with Gasteiger partial charge < -0.3 is 10.2 Å². The molecule has 0 bridgehead atoms. The average Bonchev–Trinajstić information content (AvgIpc) is 2.29. The number of nitrogens with zero attached hydrogens (tertiary/aromatic N) is 1. The van der Waals surface area contributed by atoms with Gasteiger partial charge in [-0.1, -0.05) is 33.6 Å². The highest BCUT2D eigenvalue weighted by atomic mass is 15.1. The van der Waals surface area contributed by atoms with E-state index in [9.17, 15) is 0 Å². The lowest BCUT2D eigenvalue weighted by Crippen LogP contribution is -2.33. The van der Waals surface area contributed by atoms with E-state index in [2.05, 4.69) is 31.0 Å². The molecule has 1 N–H and O–H groups in total. The summed E-state index contributed by atoms with van der Waals surface area (Å²) in [6.45, 7) is 11.8. The first-order valence-corrected chi connectivity index (χ1v) is 7.18. The molecule has 0 radical (unpaired) electrons. The van der Waals surface area contributed by atoms with Gasteiger partial charge in [0.05, 0.1) is 0 Å². The van der Waals surface area contributed by atoms with Gasteiger partial charge in [-0.3, -0.25) is 0 Å². The van der Waals surface area contributed by atoms with E-state index in [-0.39, 0.29) is 0 Å². The van der Waals surface area contributed by atoms with Crippen molar-refractivity contribution in [3.63, 3.8) is 0 Å². The monoisotopic (exact) mass is 226 g/mol. The van der Waals surface area contributed by atoms with Crippen molar-refractivity contribution in [3.8, 4) is 0 Å². The van der Waals surface area contributed by atoms with Crippen molar-refractivity contribution in [2.45, 2.75) is 58.9 Å². The van der Waals surface area contributed by atoms with Crippen LogP contribution in [0.1, 0.15) is 52.9 Å². The summed E-state index contributed by atoms with van der Waals surface area (Å²) in [5, 5.41) is 3.49. The molecule has 1 aliphatic heterocycles. The van der Waals surface area contributed by atoms with Crippen molar-refractivity contribution < 1.29 is 0 Å². The SMILES string of the molecule is CCN1CCC(CCCCNC(C)C)CC1. The van der Waals surface area contributed by atoms with Crippen LogP contribution in [0.4, 0.5) is 0 Å². The molecule has 16 heavy (non-hydrogen) atoms. The number of hydrogen-bond acceptors (Lipinski definition) is 2. The summed E-state index contributed by atoms with van der Waals surface area (Å²) in [7, 11) is 0. The quantitative estimate of drug-likeness (QED) is 0.672. The van der Waals surface area contributed by atoms with Gasteiger partial charge in [0.15, 0.2) is 0 Å². The van der Waals surface area contributed by atoms with Crippen molar-refractivity contribution >= 4 is 0 Å². The topological polar surface area (TPSA) is 15.3 Å². The first-order valence-electron chi connectivity index (χ1n) is 7.18. The van der Waals surface area contributed by atoms with E-state index in [0.717, 1.165) is 5.92 Å². The van der Waals surface area contributed by atoms with Crippen LogP contribution in [0.15, 0.2) is 0 Å². The molecule has 0 aromatic rings. The molecule has 1 heterocycles. The number of hydrogen-bond donors (Lipinski definition) is 1. The van der Waals surface area contributed by atoms with Crippen LogP contribution in [0.5, 0.6) is 0 Å². The Morgan fingerprint density at radius 1 is 1.19 bits per heavy atom. The van der Waals surface area contributed by atoms with Crippen LogP contribution in [-0.4, -0.2) is 37.1 Å². The summed E-state index contributed by atoms with van der Waals surface area (Å²) in [6.07, 6.45) is 7.09. The summed E-state index contributed by atoms with van der Waals surface area (Å²) in [4.78, 5) is 2.58. The Kier molecular flexibility index (Phi) is 7.06. The first-order chi connectivity index (χ1) is 7.72. The normalized spacial score (nSPS) is 19.5. The third kappa shape index (κ3) is 5.86. The van der Waals surface area contributed by atoms with E-state index < -0.39 is 0 Å². The van der Waals surface area contributed by atoms with E-state index in [0.29, 0.717) is 6.04 Å². The van der Waals surface area contributed by atoms with Crippen molar-refractivity contribution in [1.82, 2.24) is 10.2 Å². The smallest absolute Gasteiger partial charge is 0.00103 e. The lowest BCUT2D eigenvalue weighted by Gasteiger charge is -2.31. The standard InChI is InChI=1S/C14H30N2/c1-4-16-11-8-14(9-12-16)7-5-6-10-15-13(2)3/h13-15H,4-12H2,1-3H3. The minimum absolute atomic E-state index is 0.646. The molecular formula is C14H30N2. The Hall–Kier alpha value is -0.0800. The van der Waals surface area contributed by atoms with Gasteiger partial charge in [-0.15, -0.1) is 0 Å². The van der Waals surface area contributed by atoms with Crippen LogP contribution >= 0.6 is 0 Å². The Labute approximate surface area is 102 Å². The molecule has 1 rings (SSSR count). The van der Waals surface area contributed by atoms with Crippen LogP contribution in [0.25, 0.3) is 0 Å². The maximum Gasteiger partial charge on any atom is 0.00103 e. The van der Waals surface area contributed by atoms with Crippen LogP contribution in [0.3, 0.4) is 0 Å². The van der Waals surface area contributed by atoms with Gasteiger partial charge in [0, 0.05) is 6.04 Å². The molecule has 0 atom stereocenters. The zero-order chi connectivity index (χ0) is 11.8. The number of nitrogens with one attached hydrogen (secondary N) is 1. The molecule has 0 spiro atoms. The molecule has 0 saturated carbocycles. The molecular weight excluding hydrogens is 196 g/mol. The minimum atomic E-state index is 0.646. The fraction of sp³-hybridized carbons (Fsp3) is 1.00. The summed E-state index contributed by atoms with van der Waals surface area (Å²) in [6, 6.07) is 0.646. The Morgan fingerprint density at radius 2 is 1.88 bits per heavy atom. The highest BCUT2D eigenvalue weighted by Crippen LogP contribution is 2.22. The molecule has 96 valence electrons. The summed E-state index contributed by atoms with van der Waals surface area (Å²) >= 11 is 0.